The van der Waals surface area contributed by atoms with Crippen LogP contribution in [-0.2, 0) is 14.3 Å². The van der Waals surface area contributed by atoms with Gasteiger partial charge in [0, 0.05) is 0 Å². The monoisotopic (exact) mass is 533 g/mol. The van der Waals surface area contributed by atoms with Gasteiger partial charge >= 0.3 is 5.97 Å². The first-order valence-corrected chi connectivity index (χ1v) is 11.3. The minimum absolute atomic E-state index is 0.249. The van der Waals surface area contributed by atoms with Crippen molar-refractivity contribution in [2.75, 3.05) is 26.4 Å². The van der Waals surface area contributed by atoms with Gasteiger partial charge in [0.1, 0.15) is 6.54 Å². The van der Waals surface area contributed by atoms with Crippen LogP contribution in [-0.4, -0.2) is 48.4 Å². The number of carbonyl (C=O) groups is 3. The van der Waals surface area contributed by atoms with Crippen molar-refractivity contribution in [3.63, 3.8) is 0 Å². The number of carbonyl (C=O) groups excluding carboxylic acids is 3. The molecule has 0 saturated carbocycles. The summed E-state index contributed by atoms with van der Waals surface area (Å²) in [5, 5.41) is -0.487. The molecule has 9 heteroatoms. The van der Waals surface area contributed by atoms with Gasteiger partial charge in [-0.05, 0) is 78.4 Å². The maximum Gasteiger partial charge on any atom is 0.326 e. The standard InChI is InChI=1S/C20H24INO6S/c1-4-7-8-28-17(23)12-22-19(24)16(29-20(22)25)11-13-9-14(21)18(27-6-3)15(10-13)26-5-2/h9-11H,4-8,12H2,1-3H3/b16-11+. The lowest BCUT2D eigenvalue weighted by Gasteiger charge is -2.14. The minimum Gasteiger partial charge on any atom is -0.490 e. The Labute approximate surface area is 188 Å². The van der Waals surface area contributed by atoms with Gasteiger partial charge in [0.25, 0.3) is 11.1 Å². The molecule has 1 aromatic rings. The molecule has 1 aliphatic heterocycles. The number of imide groups is 1. The van der Waals surface area contributed by atoms with Gasteiger partial charge in [-0.3, -0.25) is 19.3 Å². The lowest BCUT2D eigenvalue weighted by molar-refractivity contribution is -0.146. The molecule has 1 aliphatic rings. The maximum atomic E-state index is 12.6. The normalized spacial score (nSPS) is 15.2. The fourth-order valence-corrected chi connectivity index (χ4v) is 4.13. The molecule has 0 bridgehead atoms. The summed E-state index contributed by atoms with van der Waals surface area (Å²) in [6.07, 6.45) is 3.25. The molecule has 1 aromatic carbocycles. The van der Waals surface area contributed by atoms with Gasteiger partial charge in [-0.25, -0.2) is 0 Å². The zero-order chi connectivity index (χ0) is 21.4. The molecule has 2 rings (SSSR count). The van der Waals surface area contributed by atoms with E-state index in [9.17, 15) is 14.4 Å². The lowest BCUT2D eigenvalue weighted by atomic mass is 10.2. The molecular formula is C20H24INO6S. The van der Waals surface area contributed by atoms with E-state index in [1.165, 1.54) is 0 Å². The average molecular weight is 533 g/mol. The summed E-state index contributed by atoms with van der Waals surface area (Å²) in [4.78, 5) is 37.8. The van der Waals surface area contributed by atoms with Gasteiger partial charge in [-0.2, -0.15) is 0 Å². The van der Waals surface area contributed by atoms with E-state index >= 15 is 0 Å². The van der Waals surface area contributed by atoms with Crippen LogP contribution in [0.5, 0.6) is 11.5 Å². The number of amides is 2. The van der Waals surface area contributed by atoms with Crippen molar-refractivity contribution in [3.8, 4) is 11.5 Å². The second kappa shape index (κ2) is 11.4. The summed E-state index contributed by atoms with van der Waals surface area (Å²) in [5.41, 5.74) is 0.706. The molecule has 2 amide bonds. The van der Waals surface area contributed by atoms with Gasteiger partial charge in [0.05, 0.1) is 28.3 Å². The molecule has 1 saturated heterocycles. The van der Waals surface area contributed by atoms with Gasteiger partial charge in [-0.15, -0.1) is 0 Å². The van der Waals surface area contributed by atoms with Crippen molar-refractivity contribution < 1.29 is 28.6 Å². The van der Waals surface area contributed by atoms with Crippen molar-refractivity contribution >= 4 is 57.5 Å². The zero-order valence-electron chi connectivity index (χ0n) is 16.7. The van der Waals surface area contributed by atoms with Gasteiger partial charge in [0.15, 0.2) is 11.5 Å². The number of hydrogen-bond acceptors (Lipinski definition) is 7. The smallest absolute Gasteiger partial charge is 0.326 e. The van der Waals surface area contributed by atoms with E-state index in [4.69, 9.17) is 14.2 Å². The highest BCUT2D eigenvalue weighted by Gasteiger charge is 2.36. The summed E-state index contributed by atoms with van der Waals surface area (Å²) in [6.45, 7) is 6.62. The third-order valence-electron chi connectivity index (χ3n) is 3.84. The van der Waals surface area contributed by atoms with E-state index in [-0.39, 0.29) is 18.1 Å². The first kappa shape index (κ1) is 23.5. The summed E-state index contributed by atoms with van der Waals surface area (Å²) >= 11 is 2.94. The zero-order valence-corrected chi connectivity index (χ0v) is 19.6. The Balaban J connectivity index is 2.19. The highest BCUT2D eigenvalue weighted by atomic mass is 127. The topological polar surface area (TPSA) is 82.1 Å². The van der Waals surface area contributed by atoms with Crippen LogP contribution in [0.4, 0.5) is 4.79 Å². The number of rotatable bonds is 10. The van der Waals surface area contributed by atoms with Gasteiger partial charge in [-0.1, -0.05) is 13.3 Å². The molecule has 1 heterocycles. The SMILES string of the molecule is CCCCOC(=O)CN1C(=O)S/C(=C/c2cc(I)c(OCC)c(OCC)c2)C1=O. The number of thioether (sulfide) groups is 1. The maximum absolute atomic E-state index is 12.6. The highest BCUT2D eigenvalue weighted by Crippen LogP contribution is 2.37. The van der Waals surface area contributed by atoms with Gasteiger partial charge < -0.3 is 14.2 Å². The number of hydrogen-bond donors (Lipinski definition) is 0. The number of nitrogens with zero attached hydrogens (tertiary/aromatic N) is 1. The Kier molecular flexibility index (Phi) is 9.28. The predicted molar refractivity (Wildman–Crippen MR) is 120 cm³/mol. The van der Waals surface area contributed by atoms with Crippen molar-refractivity contribution in [3.05, 3.63) is 26.2 Å². The van der Waals surface area contributed by atoms with Crippen molar-refractivity contribution in [2.24, 2.45) is 0 Å². The quantitative estimate of drug-likeness (QED) is 0.190. The van der Waals surface area contributed by atoms with E-state index in [1.807, 2.05) is 26.8 Å². The van der Waals surface area contributed by atoms with Crippen molar-refractivity contribution in [2.45, 2.75) is 33.6 Å². The average Bonchev–Trinajstić information content (AvgIpc) is 2.92. The van der Waals surface area contributed by atoms with E-state index in [2.05, 4.69) is 22.6 Å². The lowest BCUT2D eigenvalue weighted by Crippen LogP contribution is -2.34. The van der Waals surface area contributed by atoms with E-state index in [0.717, 1.165) is 33.1 Å². The molecule has 0 aromatic heterocycles. The Hall–Kier alpha value is -1.75. The number of ether oxygens (including phenoxy) is 3. The summed E-state index contributed by atoms with van der Waals surface area (Å²) in [5.74, 6) is 0.131. The molecule has 0 spiro atoms. The van der Waals surface area contributed by atoms with Crippen LogP contribution in [0.2, 0.25) is 0 Å². The molecule has 158 valence electrons. The largest absolute Gasteiger partial charge is 0.490 e. The third-order valence-corrected chi connectivity index (χ3v) is 5.55. The van der Waals surface area contributed by atoms with Gasteiger partial charge in [0.2, 0.25) is 0 Å². The summed E-state index contributed by atoms with van der Waals surface area (Å²) < 4.78 is 17.2. The van der Waals surface area contributed by atoms with Crippen LogP contribution in [0.25, 0.3) is 6.08 Å². The van der Waals surface area contributed by atoms with Crippen LogP contribution >= 0.6 is 34.4 Å². The molecule has 7 nitrogen and oxygen atoms in total. The van der Waals surface area contributed by atoms with Crippen LogP contribution in [0.15, 0.2) is 17.0 Å². The molecule has 1 fully saturated rings. The first-order valence-electron chi connectivity index (χ1n) is 9.41. The summed E-state index contributed by atoms with van der Waals surface area (Å²) in [7, 11) is 0. The third kappa shape index (κ3) is 6.36. The van der Waals surface area contributed by atoms with Crippen LogP contribution in [0, 0.1) is 3.57 Å². The Morgan fingerprint density at radius 2 is 1.90 bits per heavy atom. The fourth-order valence-electron chi connectivity index (χ4n) is 2.51. The van der Waals surface area contributed by atoms with Crippen molar-refractivity contribution in [1.82, 2.24) is 4.90 Å². The van der Waals surface area contributed by atoms with Crippen LogP contribution < -0.4 is 9.47 Å². The molecule has 0 unspecified atom stereocenters. The van der Waals surface area contributed by atoms with Crippen LogP contribution in [0.1, 0.15) is 39.2 Å². The van der Waals surface area contributed by atoms with E-state index in [1.54, 1.807) is 12.1 Å². The molecule has 0 atom stereocenters. The summed E-state index contributed by atoms with van der Waals surface area (Å²) in [6, 6.07) is 3.62. The predicted octanol–water partition coefficient (Wildman–Crippen LogP) is 4.47. The fraction of sp³-hybridized carbons (Fsp3) is 0.450. The molecular weight excluding hydrogens is 509 g/mol. The Bertz CT molecular complexity index is 810. The number of benzene rings is 1. The molecule has 29 heavy (non-hydrogen) atoms. The second-order valence-electron chi connectivity index (χ2n) is 6.04. The molecule has 0 N–H and O–H groups in total. The number of halogens is 1. The second-order valence-corrected chi connectivity index (χ2v) is 8.19. The number of esters is 1. The first-order chi connectivity index (χ1) is 13.9. The van der Waals surface area contributed by atoms with Crippen molar-refractivity contribution in [1.29, 1.82) is 0 Å². The molecule has 0 radical (unpaired) electrons. The van der Waals surface area contributed by atoms with Crippen LogP contribution in [0.3, 0.4) is 0 Å². The molecule has 0 aliphatic carbocycles. The number of unbranched alkanes of at least 4 members (excludes halogenated alkanes) is 1. The minimum atomic E-state index is -0.587. The van der Waals surface area contributed by atoms with E-state index < -0.39 is 17.1 Å². The highest BCUT2D eigenvalue weighted by molar-refractivity contribution is 14.1. The Morgan fingerprint density at radius 3 is 2.55 bits per heavy atom. The van der Waals surface area contributed by atoms with E-state index in [0.29, 0.717) is 30.3 Å². The Morgan fingerprint density at radius 1 is 1.17 bits per heavy atom.